The summed E-state index contributed by atoms with van der Waals surface area (Å²) in [5, 5.41) is 3.98. The number of fused-ring (bicyclic) bond motifs is 1. The van der Waals surface area contributed by atoms with E-state index in [9.17, 15) is 4.79 Å². The summed E-state index contributed by atoms with van der Waals surface area (Å²) >= 11 is 0. The standard InChI is InChI=1S/C26H29N3O3/c1-18(2)32-24-7-5-4-6-20(24)8-11-26(30)27-21-9-10-23-22(17-21)19(3)16-25(28-23)29-12-14-31-15-13-29/h4-11,16-18H,12-15H2,1-3H3,(H,27,30). The fourth-order valence-electron chi connectivity index (χ4n) is 3.74. The molecular weight excluding hydrogens is 402 g/mol. The Morgan fingerprint density at radius 3 is 2.72 bits per heavy atom. The number of hydrogen-bond acceptors (Lipinski definition) is 5. The molecule has 0 spiro atoms. The second-order valence-electron chi connectivity index (χ2n) is 8.16. The number of ether oxygens (including phenoxy) is 2. The van der Waals surface area contributed by atoms with Crippen LogP contribution in [0, 0.1) is 6.92 Å². The van der Waals surface area contributed by atoms with Gasteiger partial charge in [0.15, 0.2) is 0 Å². The van der Waals surface area contributed by atoms with Crippen LogP contribution in [0.15, 0.2) is 54.6 Å². The molecule has 0 bridgehead atoms. The quantitative estimate of drug-likeness (QED) is 0.567. The van der Waals surface area contributed by atoms with Gasteiger partial charge in [0.05, 0.1) is 24.8 Å². The number of carbonyl (C=O) groups is 1. The second-order valence-corrected chi connectivity index (χ2v) is 8.16. The molecule has 0 atom stereocenters. The number of benzene rings is 2. The third kappa shape index (κ3) is 5.26. The summed E-state index contributed by atoms with van der Waals surface area (Å²) in [5.41, 5.74) is 3.65. The molecule has 1 aromatic heterocycles. The van der Waals surface area contributed by atoms with E-state index in [4.69, 9.17) is 14.5 Å². The van der Waals surface area contributed by atoms with Gasteiger partial charge in [-0.3, -0.25) is 4.79 Å². The number of anilines is 2. The molecule has 1 N–H and O–H groups in total. The van der Waals surface area contributed by atoms with E-state index in [1.165, 1.54) is 6.08 Å². The normalized spacial score (nSPS) is 14.3. The van der Waals surface area contributed by atoms with Crippen molar-refractivity contribution >= 4 is 34.4 Å². The van der Waals surface area contributed by atoms with Crippen molar-refractivity contribution in [3.63, 3.8) is 0 Å². The molecule has 6 nitrogen and oxygen atoms in total. The molecule has 1 aliphatic rings. The first-order valence-electron chi connectivity index (χ1n) is 11.0. The summed E-state index contributed by atoms with van der Waals surface area (Å²) in [4.78, 5) is 19.6. The maximum atomic E-state index is 12.5. The molecule has 3 aromatic rings. The van der Waals surface area contributed by atoms with E-state index in [0.717, 1.165) is 65.6 Å². The van der Waals surface area contributed by atoms with Gasteiger partial charge in [0.1, 0.15) is 11.6 Å². The fraction of sp³-hybridized carbons (Fsp3) is 0.308. The van der Waals surface area contributed by atoms with Gasteiger partial charge in [-0.1, -0.05) is 18.2 Å². The Kier molecular flexibility index (Phi) is 6.71. The molecule has 4 rings (SSSR count). The van der Waals surface area contributed by atoms with Crippen LogP contribution in [0.4, 0.5) is 11.5 Å². The van der Waals surface area contributed by atoms with E-state index in [1.807, 2.05) is 56.3 Å². The largest absolute Gasteiger partial charge is 0.490 e. The van der Waals surface area contributed by atoms with Crippen LogP contribution in [0.5, 0.6) is 5.75 Å². The van der Waals surface area contributed by atoms with E-state index < -0.39 is 0 Å². The Morgan fingerprint density at radius 2 is 1.94 bits per heavy atom. The smallest absolute Gasteiger partial charge is 0.248 e. The third-order valence-electron chi connectivity index (χ3n) is 5.30. The highest BCUT2D eigenvalue weighted by Crippen LogP contribution is 2.26. The maximum Gasteiger partial charge on any atom is 0.248 e. The number of rotatable bonds is 6. The van der Waals surface area contributed by atoms with Crippen LogP contribution in [0.3, 0.4) is 0 Å². The average Bonchev–Trinajstić information content (AvgIpc) is 2.79. The molecule has 1 amide bonds. The van der Waals surface area contributed by atoms with Crippen LogP contribution in [-0.2, 0) is 9.53 Å². The summed E-state index contributed by atoms with van der Waals surface area (Å²) in [6, 6.07) is 15.6. The third-order valence-corrected chi connectivity index (χ3v) is 5.30. The number of nitrogens with zero attached hydrogens (tertiary/aromatic N) is 2. The van der Waals surface area contributed by atoms with Crippen molar-refractivity contribution in [3.8, 4) is 5.75 Å². The van der Waals surface area contributed by atoms with Crippen molar-refractivity contribution in [3.05, 3.63) is 65.7 Å². The molecule has 1 aliphatic heterocycles. The molecule has 2 heterocycles. The van der Waals surface area contributed by atoms with Crippen LogP contribution in [-0.4, -0.2) is 43.3 Å². The number of para-hydroxylation sites is 1. The minimum Gasteiger partial charge on any atom is -0.490 e. The molecule has 0 unspecified atom stereocenters. The Morgan fingerprint density at radius 1 is 1.16 bits per heavy atom. The van der Waals surface area contributed by atoms with Gasteiger partial charge in [-0.05, 0) is 62.7 Å². The van der Waals surface area contributed by atoms with Crippen molar-refractivity contribution in [2.75, 3.05) is 36.5 Å². The molecule has 0 aliphatic carbocycles. The van der Waals surface area contributed by atoms with Crippen LogP contribution >= 0.6 is 0 Å². The molecule has 2 aromatic carbocycles. The first-order valence-corrected chi connectivity index (χ1v) is 11.0. The summed E-state index contributed by atoms with van der Waals surface area (Å²) in [6.07, 6.45) is 3.37. The summed E-state index contributed by atoms with van der Waals surface area (Å²) < 4.78 is 11.3. The van der Waals surface area contributed by atoms with Crippen LogP contribution < -0.4 is 15.0 Å². The van der Waals surface area contributed by atoms with Crippen molar-refractivity contribution in [1.29, 1.82) is 0 Å². The van der Waals surface area contributed by atoms with E-state index in [0.29, 0.717) is 0 Å². The Labute approximate surface area is 188 Å². The number of nitrogens with one attached hydrogen (secondary N) is 1. The Hall–Kier alpha value is -3.38. The zero-order valence-electron chi connectivity index (χ0n) is 18.8. The lowest BCUT2D eigenvalue weighted by molar-refractivity contribution is -0.111. The molecule has 32 heavy (non-hydrogen) atoms. The molecule has 1 fully saturated rings. The summed E-state index contributed by atoms with van der Waals surface area (Å²) in [7, 11) is 0. The van der Waals surface area contributed by atoms with Gasteiger partial charge in [-0.2, -0.15) is 0 Å². The molecule has 166 valence electrons. The topological polar surface area (TPSA) is 63.7 Å². The van der Waals surface area contributed by atoms with Gasteiger partial charge in [-0.25, -0.2) is 4.98 Å². The molecule has 0 saturated carbocycles. The molecule has 0 radical (unpaired) electrons. The predicted octanol–water partition coefficient (Wildman–Crippen LogP) is 4.82. The van der Waals surface area contributed by atoms with Gasteiger partial charge in [0.25, 0.3) is 0 Å². The highest BCUT2D eigenvalue weighted by Gasteiger charge is 2.14. The number of pyridine rings is 1. The first kappa shape index (κ1) is 21.8. The fourth-order valence-corrected chi connectivity index (χ4v) is 3.74. The highest BCUT2D eigenvalue weighted by atomic mass is 16.5. The molecule has 6 heteroatoms. The van der Waals surface area contributed by atoms with E-state index in [1.54, 1.807) is 6.08 Å². The number of carbonyl (C=O) groups excluding carboxylic acids is 1. The van der Waals surface area contributed by atoms with Crippen molar-refractivity contribution < 1.29 is 14.3 Å². The second kappa shape index (κ2) is 9.83. The van der Waals surface area contributed by atoms with Crippen molar-refractivity contribution in [2.45, 2.75) is 26.9 Å². The number of hydrogen-bond donors (Lipinski definition) is 1. The van der Waals surface area contributed by atoms with Crippen molar-refractivity contribution in [2.24, 2.45) is 0 Å². The lowest BCUT2D eigenvalue weighted by Crippen LogP contribution is -2.36. The molecule has 1 saturated heterocycles. The zero-order valence-corrected chi connectivity index (χ0v) is 18.8. The SMILES string of the molecule is Cc1cc(N2CCOCC2)nc2ccc(NC(=O)C=Cc3ccccc3OC(C)C)cc12. The van der Waals surface area contributed by atoms with Gasteiger partial charge >= 0.3 is 0 Å². The average molecular weight is 432 g/mol. The lowest BCUT2D eigenvalue weighted by Gasteiger charge is -2.28. The monoisotopic (exact) mass is 431 g/mol. The number of amides is 1. The Bertz CT molecular complexity index is 1130. The van der Waals surface area contributed by atoms with E-state index in [-0.39, 0.29) is 12.0 Å². The van der Waals surface area contributed by atoms with E-state index >= 15 is 0 Å². The minimum atomic E-state index is -0.195. The first-order chi connectivity index (χ1) is 15.5. The van der Waals surface area contributed by atoms with E-state index in [2.05, 4.69) is 23.2 Å². The van der Waals surface area contributed by atoms with Gasteiger partial charge in [-0.15, -0.1) is 0 Å². The summed E-state index contributed by atoms with van der Waals surface area (Å²) in [5.74, 6) is 1.54. The predicted molar refractivity (Wildman–Crippen MR) is 129 cm³/mol. The van der Waals surface area contributed by atoms with Gasteiger partial charge in [0, 0.05) is 35.8 Å². The van der Waals surface area contributed by atoms with Gasteiger partial charge < -0.3 is 19.7 Å². The number of aromatic nitrogens is 1. The van der Waals surface area contributed by atoms with Crippen LogP contribution in [0.1, 0.15) is 25.0 Å². The lowest BCUT2D eigenvalue weighted by atomic mass is 10.1. The Balaban J connectivity index is 1.49. The van der Waals surface area contributed by atoms with Crippen molar-refractivity contribution in [1.82, 2.24) is 4.98 Å². The minimum absolute atomic E-state index is 0.0663. The van der Waals surface area contributed by atoms with Crippen LogP contribution in [0.2, 0.25) is 0 Å². The number of morpholine rings is 1. The highest BCUT2D eigenvalue weighted by molar-refractivity contribution is 6.03. The van der Waals surface area contributed by atoms with Crippen LogP contribution in [0.25, 0.3) is 17.0 Å². The maximum absolute atomic E-state index is 12.5. The zero-order chi connectivity index (χ0) is 22.5. The van der Waals surface area contributed by atoms with Gasteiger partial charge in [0.2, 0.25) is 5.91 Å². The number of aryl methyl sites for hydroxylation is 1. The summed E-state index contributed by atoms with van der Waals surface area (Å²) in [6.45, 7) is 9.19. The molecular formula is C26H29N3O3.